The molecule has 0 radical (unpaired) electrons. The van der Waals surface area contributed by atoms with E-state index in [2.05, 4.69) is 22.0 Å². The number of amides is 2. The van der Waals surface area contributed by atoms with Crippen molar-refractivity contribution in [1.82, 2.24) is 14.5 Å². The van der Waals surface area contributed by atoms with Crippen molar-refractivity contribution in [2.45, 2.75) is 38.1 Å². The van der Waals surface area contributed by atoms with Crippen LogP contribution >= 0.6 is 0 Å². The molecule has 3 heterocycles. The average molecular weight is 603 g/mol. The first-order chi connectivity index (χ1) is 22.1. The highest BCUT2D eigenvalue weighted by Crippen LogP contribution is 2.35. The molecular weight excluding hydrogens is 568 g/mol. The van der Waals surface area contributed by atoms with Gasteiger partial charge >= 0.3 is 0 Å². The number of carbonyl (C=O) groups is 2. The molecule has 2 amide bonds. The second kappa shape index (κ2) is 12.6. The average Bonchev–Trinajstić information content (AvgIpc) is 3.77. The van der Waals surface area contributed by atoms with E-state index in [9.17, 15) is 14.7 Å². The molecular formula is C36H34N4O5. The number of anilines is 1. The monoisotopic (exact) mass is 602 g/mol. The molecule has 1 aromatic heterocycles. The third-order valence-corrected chi connectivity index (χ3v) is 8.42. The van der Waals surface area contributed by atoms with E-state index < -0.39 is 0 Å². The Balaban J connectivity index is 1.08. The zero-order valence-electron chi connectivity index (χ0n) is 24.8. The predicted molar refractivity (Wildman–Crippen MR) is 171 cm³/mol. The van der Waals surface area contributed by atoms with Crippen LogP contribution in [-0.2, 0) is 11.3 Å². The normalized spacial score (nSPS) is 17.7. The lowest BCUT2D eigenvalue weighted by atomic mass is 10.0. The van der Waals surface area contributed by atoms with Gasteiger partial charge in [-0.05, 0) is 60.7 Å². The highest BCUT2D eigenvalue weighted by molar-refractivity contribution is 6.21. The van der Waals surface area contributed by atoms with Gasteiger partial charge in [-0.2, -0.15) is 0 Å². The van der Waals surface area contributed by atoms with E-state index in [0.717, 1.165) is 46.3 Å². The van der Waals surface area contributed by atoms with Gasteiger partial charge in [0.25, 0.3) is 11.8 Å². The largest absolute Gasteiger partial charge is 0.493 e. The molecule has 2 N–H and O–H groups in total. The van der Waals surface area contributed by atoms with Crippen LogP contribution in [0.15, 0.2) is 97.1 Å². The Morgan fingerprint density at radius 3 is 2.36 bits per heavy atom. The van der Waals surface area contributed by atoms with Gasteiger partial charge in [0.1, 0.15) is 12.0 Å². The van der Waals surface area contributed by atoms with Crippen LogP contribution in [0.4, 0.5) is 5.95 Å². The molecule has 1 saturated heterocycles. The molecule has 0 bridgehead atoms. The van der Waals surface area contributed by atoms with Crippen LogP contribution in [0.25, 0.3) is 22.2 Å². The summed E-state index contributed by atoms with van der Waals surface area (Å²) < 4.78 is 14.5. The number of para-hydroxylation sites is 2. The fourth-order valence-corrected chi connectivity index (χ4v) is 6.15. The molecule has 4 aromatic carbocycles. The first kappa shape index (κ1) is 28.8. The van der Waals surface area contributed by atoms with Crippen molar-refractivity contribution in [2.24, 2.45) is 0 Å². The molecule has 9 heteroatoms. The van der Waals surface area contributed by atoms with Crippen molar-refractivity contribution in [3.8, 4) is 16.9 Å². The minimum Gasteiger partial charge on any atom is -0.493 e. The Bertz CT molecular complexity index is 1820. The summed E-state index contributed by atoms with van der Waals surface area (Å²) in [5.41, 5.74) is 5.76. The topological polar surface area (TPSA) is 106 Å². The number of imide groups is 1. The summed E-state index contributed by atoms with van der Waals surface area (Å²) in [5, 5.41) is 13.1. The lowest BCUT2D eigenvalue weighted by molar-refractivity contribution is -0.0195. The maximum atomic E-state index is 12.8. The van der Waals surface area contributed by atoms with E-state index in [0.29, 0.717) is 36.6 Å². The van der Waals surface area contributed by atoms with Crippen LogP contribution in [0, 0.1) is 0 Å². The van der Waals surface area contributed by atoms with Crippen molar-refractivity contribution < 1.29 is 24.2 Å². The van der Waals surface area contributed by atoms with Crippen LogP contribution in [0.3, 0.4) is 0 Å². The molecule has 228 valence electrons. The summed E-state index contributed by atoms with van der Waals surface area (Å²) in [6.45, 7) is 1.12. The SMILES string of the molecule is O=C1c2ccccc2C(=O)N1CCCOc1cc(CNc2nc3ccccc3n2[C@H]2CC[C@@H](CO)O2)ccc1-c1ccccc1. The van der Waals surface area contributed by atoms with E-state index >= 15 is 0 Å². The van der Waals surface area contributed by atoms with Gasteiger partial charge in [0, 0.05) is 18.7 Å². The molecule has 7 rings (SSSR count). The summed E-state index contributed by atoms with van der Waals surface area (Å²) in [4.78, 5) is 31.7. The number of nitrogens with one attached hydrogen (secondary N) is 1. The number of aliphatic hydroxyl groups excluding tert-OH is 1. The number of carbonyl (C=O) groups excluding carboxylic acids is 2. The number of hydrogen-bond acceptors (Lipinski definition) is 7. The lowest BCUT2D eigenvalue weighted by Gasteiger charge is -2.19. The Labute approximate surface area is 261 Å². The fourth-order valence-electron chi connectivity index (χ4n) is 6.15. The van der Waals surface area contributed by atoms with Gasteiger partial charge in [-0.3, -0.25) is 19.1 Å². The number of hydrogen-bond donors (Lipinski definition) is 2. The first-order valence-corrected chi connectivity index (χ1v) is 15.3. The Kier molecular flexibility index (Phi) is 8.02. The number of fused-ring (bicyclic) bond motifs is 2. The molecule has 2 atom stereocenters. The van der Waals surface area contributed by atoms with E-state index in [-0.39, 0.29) is 37.3 Å². The Hall–Kier alpha value is -4.99. The van der Waals surface area contributed by atoms with Gasteiger partial charge in [-0.25, -0.2) is 4.98 Å². The van der Waals surface area contributed by atoms with E-state index in [4.69, 9.17) is 14.5 Å². The third-order valence-electron chi connectivity index (χ3n) is 8.42. The Morgan fingerprint density at radius 1 is 0.867 bits per heavy atom. The summed E-state index contributed by atoms with van der Waals surface area (Å²) in [7, 11) is 0. The number of aromatic nitrogens is 2. The van der Waals surface area contributed by atoms with Gasteiger partial charge in [0.15, 0.2) is 0 Å². The van der Waals surface area contributed by atoms with Crippen molar-refractivity contribution in [3.63, 3.8) is 0 Å². The fraction of sp³-hybridized carbons (Fsp3) is 0.250. The molecule has 5 aromatic rings. The summed E-state index contributed by atoms with van der Waals surface area (Å²) in [5.74, 6) is 0.917. The highest BCUT2D eigenvalue weighted by atomic mass is 16.5. The summed E-state index contributed by atoms with van der Waals surface area (Å²) >= 11 is 0. The maximum absolute atomic E-state index is 12.8. The van der Waals surface area contributed by atoms with E-state index in [1.54, 1.807) is 24.3 Å². The second-order valence-corrected chi connectivity index (χ2v) is 11.3. The number of aliphatic hydroxyl groups is 1. The van der Waals surface area contributed by atoms with Crippen molar-refractivity contribution in [2.75, 3.05) is 25.1 Å². The van der Waals surface area contributed by atoms with Gasteiger partial charge in [-0.15, -0.1) is 0 Å². The number of imidazole rings is 1. The van der Waals surface area contributed by atoms with E-state index in [1.807, 2.05) is 60.7 Å². The van der Waals surface area contributed by atoms with Gasteiger partial charge in [0.05, 0.1) is 41.5 Å². The zero-order valence-corrected chi connectivity index (χ0v) is 24.8. The predicted octanol–water partition coefficient (Wildman–Crippen LogP) is 6.05. The van der Waals surface area contributed by atoms with Crippen molar-refractivity contribution in [1.29, 1.82) is 0 Å². The van der Waals surface area contributed by atoms with Gasteiger partial charge in [-0.1, -0.05) is 66.7 Å². The maximum Gasteiger partial charge on any atom is 0.261 e. The van der Waals surface area contributed by atoms with Crippen LogP contribution < -0.4 is 10.1 Å². The number of rotatable bonds is 11. The van der Waals surface area contributed by atoms with Crippen LogP contribution in [-0.4, -0.2) is 57.2 Å². The molecule has 9 nitrogen and oxygen atoms in total. The highest BCUT2D eigenvalue weighted by Gasteiger charge is 2.34. The minimum atomic E-state index is -0.255. The first-order valence-electron chi connectivity index (χ1n) is 15.3. The number of nitrogens with zero attached hydrogens (tertiary/aromatic N) is 3. The van der Waals surface area contributed by atoms with Crippen molar-refractivity contribution >= 4 is 28.8 Å². The number of ether oxygens (including phenoxy) is 2. The molecule has 0 spiro atoms. The molecule has 2 aliphatic rings. The molecule has 45 heavy (non-hydrogen) atoms. The molecule has 0 saturated carbocycles. The minimum absolute atomic E-state index is 0.000723. The van der Waals surface area contributed by atoms with E-state index in [1.165, 1.54) is 4.90 Å². The molecule has 1 fully saturated rings. The Morgan fingerprint density at radius 2 is 1.60 bits per heavy atom. The van der Waals surface area contributed by atoms with Crippen LogP contribution in [0.5, 0.6) is 5.75 Å². The third kappa shape index (κ3) is 5.68. The quantitative estimate of drug-likeness (QED) is 0.140. The number of benzene rings is 4. The molecule has 0 aliphatic carbocycles. The lowest BCUT2D eigenvalue weighted by Crippen LogP contribution is -2.31. The van der Waals surface area contributed by atoms with Crippen LogP contribution in [0.1, 0.15) is 51.8 Å². The molecule has 2 aliphatic heterocycles. The van der Waals surface area contributed by atoms with Gasteiger partial charge < -0.3 is 19.9 Å². The second-order valence-electron chi connectivity index (χ2n) is 11.3. The van der Waals surface area contributed by atoms with Gasteiger partial charge in [0.2, 0.25) is 5.95 Å². The summed E-state index contributed by atoms with van der Waals surface area (Å²) in [6, 6.07) is 31.1. The van der Waals surface area contributed by atoms with Crippen LogP contribution in [0.2, 0.25) is 0 Å². The zero-order chi connectivity index (χ0) is 30.8. The standard InChI is InChI=1S/C36H34N4O5/c41-23-26-16-18-33(45-26)40-31-14-7-6-13-30(31)38-36(40)37-22-24-15-17-27(25-9-2-1-3-10-25)32(21-24)44-20-8-19-39-34(42)28-11-4-5-12-29(28)35(39)43/h1-7,9-15,17,21,26,33,41H,8,16,18-20,22-23H2,(H,37,38)/t26-,33+/m0/s1. The molecule has 0 unspecified atom stereocenters. The van der Waals surface area contributed by atoms with Crippen molar-refractivity contribution in [3.05, 3.63) is 114 Å². The summed E-state index contributed by atoms with van der Waals surface area (Å²) in [6.07, 6.45) is 1.71. The smallest absolute Gasteiger partial charge is 0.261 e.